The van der Waals surface area contributed by atoms with E-state index in [4.69, 9.17) is 5.84 Å². The van der Waals surface area contributed by atoms with Gasteiger partial charge in [0, 0.05) is 5.69 Å². The highest BCUT2D eigenvalue weighted by Gasteiger charge is 2.11. The lowest BCUT2D eigenvalue weighted by Gasteiger charge is -2.12. The van der Waals surface area contributed by atoms with E-state index >= 15 is 0 Å². The smallest absolute Gasteiger partial charge is 0.257 e. The number of hydrogen-bond acceptors (Lipinski definition) is 3. The number of amides is 1. The Morgan fingerprint density at radius 1 is 1.14 bits per heavy atom. The van der Waals surface area contributed by atoms with Gasteiger partial charge >= 0.3 is 0 Å². The summed E-state index contributed by atoms with van der Waals surface area (Å²) in [4.78, 5) is 12.4. The minimum absolute atomic E-state index is 0.177. The quantitative estimate of drug-likeness (QED) is 0.592. The molecule has 4 nitrogen and oxygen atoms in total. The number of hydrazine groups is 1. The number of benzene rings is 2. The lowest BCUT2D eigenvalue weighted by molar-refractivity contribution is 0.102. The van der Waals surface area contributed by atoms with Crippen LogP contribution in [0.2, 0.25) is 0 Å². The van der Waals surface area contributed by atoms with Crippen molar-refractivity contribution in [1.82, 2.24) is 0 Å². The van der Waals surface area contributed by atoms with Crippen molar-refractivity contribution in [3.63, 3.8) is 0 Å². The third-order valence-electron chi connectivity index (χ3n) is 3.39. The number of nitrogen functional groups attached to an aromatic ring is 1. The first-order chi connectivity index (χ1) is 10.0. The average molecular weight is 283 g/mol. The maximum Gasteiger partial charge on any atom is 0.257 e. The summed E-state index contributed by atoms with van der Waals surface area (Å²) in [6.07, 6.45) is 0. The van der Waals surface area contributed by atoms with Crippen molar-refractivity contribution in [3.05, 3.63) is 59.2 Å². The van der Waals surface area contributed by atoms with Gasteiger partial charge in [-0.2, -0.15) is 0 Å². The molecule has 2 aromatic rings. The van der Waals surface area contributed by atoms with Crippen molar-refractivity contribution >= 4 is 17.3 Å². The molecule has 0 radical (unpaired) electrons. The summed E-state index contributed by atoms with van der Waals surface area (Å²) in [6.45, 7) is 6.20. The lowest BCUT2D eigenvalue weighted by Crippen LogP contribution is -2.17. The van der Waals surface area contributed by atoms with Crippen LogP contribution in [0, 0.1) is 6.92 Å². The first kappa shape index (κ1) is 15.1. The summed E-state index contributed by atoms with van der Waals surface area (Å²) in [5.41, 5.74) is 6.73. The third-order valence-corrected chi connectivity index (χ3v) is 3.39. The van der Waals surface area contributed by atoms with Gasteiger partial charge in [0.1, 0.15) is 0 Å². The number of nitrogens with one attached hydrogen (secondary N) is 2. The summed E-state index contributed by atoms with van der Waals surface area (Å²) in [5.74, 6) is 5.73. The zero-order valence-corrected chi connectivity index (χ0v) is 12.6. The number of anilines is 2. The molecular formula is C17H21N3O. The molecule has 2 rings (SSSR count). The van der Waals surface area contributed by atoms with Gasteiger partial charge in [-0.15, -0.1) is 0 Å². The van der Waals surface area contributed by atoms with Gasteiger partial charge < -0.3 is 10.7 Å². The number of carbonyl (C=O) groups excluding carboxylic acids is 1. The Bertz CT molecular complexity index is 650. The SMILES string of the molecule is Cc1ccc(C(=O)Nc2cccc(C(C)C)c2)c(NN)c1. The molecule has 0 aliphatic heterocycles. The second-order valence-electron chi connectivity index (χ2n) is 5.43. The van der Waals surface area contributed by atoms with E-state index in [2.05, 4.69) is 30.7 Å². The Kier molecular flexibility index (Phi) is 4.60. The summed E-state index contributed by atoms with van der Waals surface area (Å²) in [7, 11) is 0. The number of carbonyl (C=O) groups is 1. The molecule has 0 saturated carbocycles. The maximum atomic E-state index is 12.4. The average Bonchev–Trinajstić information content (AvgIpc) is 2.47. The van der Waals surface area contributed by atoms with Crippen LogP contribution in [-0.4, -0.2) is 5.91 Å². The molecule has 0 spiro atoms. The van der Waals surface area contributed by atoms with Gasteiger partial charge in [-0.05, 0) is 48.2 Å². The van der Waals surface area contributed by atoms with E-state index in [9.17, 15) is 4.79 Å². The van der Waals surface area contributed by atoms with Gasteiger partial charge in [-0.1, -0.05) is 32.0 Å². The number of nitrogens with two attached hydrogens (primary N) is 1. The fourth-order valence-electron chi connectivity index (χ4n) is 2.15. The van der Waals surface area contributed by atoms with Gasteiger partial charge in [-0.3, -0.25) is 10.6 Å². The molecule has 0 aliphatic carbocycles. The van der Waals surface area contributed by atoms with Gasteiger partial charge in [0.15, 0.2) is 0 Å². The molecule has 0 atom stereocenters. The zero-order valence-electron chi connectivity index (χ0n) is 12.6. The highest BCUT2D eigenvalue weighted by atomic mass is 16.1. The Morgan fingerprint density at radius 3 is 2.57 bits per heavy atom. The van der Waals surface area contributed by atoms with Crippen molar-refractivity contribution in [1.29, 1.82) is 0 Å². The molecule has 0 unspecified atom stereocenters. The Balaban J connectivity index is 2.24. The van der Waals surface area contributed by atoms with Crippen LogP contribution in [0.25, 0.3) is 0 Å². The van der Waals surface area contributed by atoms with Crippen LogP contribution in [0.15, 0.2) is 42.5 Å². The Labute approximate surface area is 125 Å². The standard InChI is InChI=1S/C17H21N3O/c1-11(2)13-5-4-6-14(10-13)19-17(21)15-8-7-12(3)9-16(15)20-18/h4-11,20H,18H2,1-3H3,(H,19,21). The third kappa shape index (κ3) is 3.61. The first-order valence-electron chi connectivity index (χ1n) is 7.00. The van der Waals surface area contributed by atoms with E-state index in [1.165, 1.54) is 5.56 Å². The first-order valence-corrected chi connectivity index (χ1v) is 7.00. The molecule has 4 N–H and O–H groups in total. The van der Waals surface area contributed by atoms with E-state index in [0.29, 0.717) is 17.2 Å². The minimum Gasteiger partial charge on any atom is -0.323 e. The second kappa shape index (κ2) is 6.41. The minimum atomic E-state index is -0.177. The maximum absolute atomic E-state index is 12.4. The molecule has 110 valence electrons. The predicted octanol–water partition coefficient (Wildman–Crippen LogP) is 3.66. The topological polar surface area (TPSA) is 67.2 Å². The van der Waals surface area contributed by atoms with Crippen molar-refractivity contribution < 1.29 is 4.79 Å². The van der Waals surface area contributed by atoms with Crippen LogP contribution in [-0.2, 0) is 0 Å². The fourth-order valence-corrected chi connectivity index (χ4v) is 2.15. The molecule has 1 amide bonds. The van der Waals surface area contributed by atoms with Gasteiger partial charge in [0.05, 0.1) is 11.3 Å². The highest BCUT2D eigenvalue weighted by molar-refractivity contribution is 6.08. The molecule has 21 heavy (non-hydrogen) atoms. The molecule has 0 fully saturated rings. The summed E-state index contributed by atoms with van der Waals surface area (Å²) in [6, 6.07) is 13.4. The van der Waals surface area contributed by atoms with Gasteiger partial charge in [0.2, 0.25) is 0 Å². The molecule has 0 bridgehead atoms. The van der Waals surface area contributed by atoms with E-state index in [0.717, 1.165) is 11.3 Å². The summed E-state index contributed by atoms with van der Waals surface area (Å²) < 4.78 is 0. The van der Waals surface area contributed by atoms with E-state index < -0.39 is 0 Å². The molecule has 0 aromatic heterocycles. The molecule has 0 aliphatic rings. The second-order valence-corrected chi connectivity index (χ2v) is 5.43. The van der Waals surface area contributed by atoms with Crippen molar-refractivity contribution in [3.8, 4) is 0 Å². The lowest BCUT2D eigenvalue weighted by atomic mass is 10.0. The van der Waals surface area contributed by atoms with Crippen molar-refractivity contribution in [2.45, 2.75) is 26.7 Å². The zero-order chi connectivity index (χ0) is 15.4. The number of rotatable bonds is 4. The normalized spacial score (nSPS) is 10.5. The van der Waals surface area contributed by atoms with Crippen LogP contribution in [0.1, 0.15) is 41.3 Å². The Hall–Kier alpha value is -2.33. The summed E-state index contributed by atoms with van der Waals surface area (Å²) in [5, 5.41) is 2.91. The van der Waals surface area contributed by atoms with E-state index in [1.807, 2.05) is 37.3 Å². The van der Waals surface area contributed by atoms with Crippen LogP contribution in [0.3, 0.4) is 0 Å². The highest BCUT2D eigenvalue weighted by Crippen LogP contribution is 2.21. The van der Waals surface area contributed by atoms with Gasteiger partial charge in [-0.25, -0.2) is 0 Å². The van der Waals surface area contributed by atoms with E-state index in [1.54, 1.807) is 6.07 Å². The van der Waals surface area contributed by atoms with Gasteiger partial charge in [0.25, 0.3) is 5.91 Å². The van der Waals surface area contributed by atoms with Crippen LogP contribution < -0.4 is 16.6 Å². The van der Waals surface area contributed by atoms with Crippen molar-refractivity contribution in [2.75, 3.05) is 10.7 Å². The molecule has 0 saturated heterocycles. The number of aryl methyl sites for hydroxylation is 1. The molecule has 4 heteroatoms. The summed E-state index contributed by atoms with van der Waals surface area (Å²) >= 11 is 0. The Morgan fingerprint density at radius 2 is 1.90 bits per heavy atom. The molecule has 2 aromatic carbocycles. The molecular weight excluding hydrogens is 262 g/mol. The van der Waals surface area contributed by atoms with E-state index in [-0.39, 0.29) is 5.91 Å². The predicted molar refractivity (Wildman–Crippen MR) is 87.5 cm³/mol. The molecule has 0 heterocycles. The fraction of sp³-hybridized carbons (Fsp3) is 0.235. The number of hydrogen-bond donors (Lipinski definition) is 3. The largest absolute Gasteiger partial charge is 0.323 e. The van der Waals surface area contributed by atoms with Crippen LogP contribution in [0.5, 0.6) is 0 Å². The monoisotopic (exact) mass is 283 g/mol. The van der Waals surface area contributed by atoms with Crippen LogP contribution in [0.4, 0.5) is 11.4 Å². The van der Waals surface area contributed by atoms with Crippen LogP contribution >= 0.6 is 0 Å². The van der Waals surface area contributed by atoms with Crippen molar-refractivity contribution in [2.24, 2.45) is 5.84 Å².